The number of nitrogens with zero attached hydrogens (tertiary/aromatic N) is 2. The number of hydrogen-bond donors (Lipinski definition) is 18. The van der Waals surface area contributed by atoms with Crippen LogP contribution in [0.1, 0.15) is 77.0 Å². The quantitative estimate of drug-likeness (QED) is 0.0100. The first kappa shape index (κ1) is 60.6. The molecule has 0 aliphatic rings. The Morgan fingerprint density at radius 2 is 0.884 bits per heavy atom. The molecule has 0 saturated heterocycles. The van der Waals surface area contributed by atoms with Crippen LogP contribution in [-0.2, 0) is 35.3 Å². The molecule has 0 aliphatic heterocycles. The van der Waals surface area contributed by atoms with Crippen LogP contribution < -0.4 is 76.5 Å². The van der Waals surface area contributed by atoms with Crippen molar-refractivity contribution < 1.29 is 28.8 Å². The SMILES string of the molecule is N=C(N)NCCCC(NC(=O)[C@@H](CCCNC(=N)N)NC(=O)C(CCCNC(=N)N)NC(=O)[C@@H](CCCNC(=N)N)NC(=O)CCCCCNC(=O)Cn1cnc2c(I)c(I)c(I)c(I)c21)C(N)=O. The van der Waals surface area contributed by atoms with Gasteiger partial charge in [0.15, 0.2) is 23.8 Å². The average molecular weight is 1420 g/mol. The lowest BCUT2D eigenvalue weighted by Crippen LogP contribution is -2.58. The summed E-state index contributed by atoms with van der Waals surface area (Å²) in [7, 11) is 0. The summed E-state index contributed by atoms with van der Waals surface area (Å²) >= 11 is 9.13. The van der Waals surface area contributed by atoms with Crippen LogP contribution in [0, 0.1) is 35.9 Å². The highest BCUT2D eigenvalue weighted by Crippen LogP contribution is 2.34. The Bertz CT molecular complexity index is 2140. The number of guanidine groups is 4. The maximum absolute atomic E-state index is 14.0. The van der Waals surface area contributed by atoms with Gasteiger partial charge >= 0.3 is 0 Å². The van der Waals surface area contributed by atoms with Crippen LogP contribution in [0.3, 0.4) is 0 Å². The zero-order valence-corrected chi connectivity index (χ0v) is 46.5. The van der Waals surface area contributed by atoms with Crippen LogP contribution >= 0.6 is 90.4 Å². The number of benzene rings is 1. The second-order valence-corrected chi connectivity index (χ2v) is 19.9. The Kier molecular flexibility index (Phi) is 28.5. The van der Waals surface area contributed by atoms with Crippen molar-refractivity contribution in [3.63, 3.8) is 0 Å². The summed E-state index contributed by atoms with van der Waals surface area (Å²) in [5, 5.41) is 53.9. The van der Waals surface area contributed by atoms with Gasteiger partial charge in [-0.1, -0.05) is 6.42 Å². The standard InChI is InChI=1S/C39H64I4N20O6/c40-26-27(41)29(43)31-30(28(26)42)58-19-63(31)18-25(65)53-13-3-1-2-12-24(64)59-21(9-5-15-55-37(47)48)33(67)61-23(11-7-17-57-39(51)52)35(69)62-22(10-6-16-56-38(49)50)34(68)60-20(32(44)66)8-4-14-54-36(45)46/h19-23H,1-18H2,(H2,44,66)(H,53,65)(H,59,64)(H,60,68)(H,61,67)(H,62,69)(H4,45,46,54)(H4,47,48,55)(H4,49,50,56)(H4,51,52,57)/t20?,21-,22-,23?/m1/s1. The van der Waals surface area contributed by atoms with Gasteiger partial charge in [0.25, 0.3) is 0 Å². The van der Waals surface area contributed by atoms with Crippen molar-refractivity contribution in [2.45, 2.75) is 108 Å². The van der Waals surface area contributed by atoms with Crippen LogP contribution in [0.15, 0.2) is 6.33 Å². The Balaban J connectivity index is 2.14. The molecule has 0 saturated carbocycles. The lowest BCUT2D eigenvalue weighted by molar-refractivity contribution is -0.134. The monoisotopic (exact) mass is 1420 g/mol. The van der Waals surface area contributed by atoms with Gasteiger partial charge < -0.3 is 81.1 Å². The summed E-state index contributed by atoms with van der Waals surface area (Å²) in [5.41, 5.74) is 28.9. The number of nitrogens with one attached hydrogen (secondary N) is 13. The van der Waals surface area contributed by atoms with Gasteiger partial charge in [-0.3, -0.25) is 50.4 Å². The molecular formula is C39H64I4N20O6. The molecule has 0 fully saturated rings. The summed E-state index contributed by atoms with van der Waals surface area (Å²) in [5.74, 6) is -4.82. The first-order chi connectivity index (χ1) is 32.6. The van der Waals surface area contributed by atoms with Crippen molar-refractivity contribution in [1.82, 2.24) is 57.4 Å². The van der Waals surface area contributed by atoms with E-state index in [-0.39, 0.29) is 107 Å². The molecule has 69 heavy (non-hydrogen) atoms. The maximum atomic E-state index is 14.0. The van der Waals surface area contributed by atoms with Crippen LogP contribution in [-0.4, -0.2) is 126 Å². The van der Waals surface area contributed by atoms with Crippen molar-refractivity contribution in [1.29, 1.82) is 21.6 Å². The molecule has 23 N–H and O–H groups in total. The number of halogens is 4. The Morgan fingerprint density at radius 1 is 0.493 bits per heavy atom. The minimum absolute atomic E-state index is 0.00458. The van der Waals surface area contributed by atoms with Crippen molar-refractivity contribution in [2.24, 2.45) is 28.7 Å². The molecule has 0 aliphatic carbocycles. The van der Waals surface area contributed by atoms with E-state index in [1.54, 1.807) is 6.33 Å². The average Bonchev–Trinajstić information content (AvgIpc) is 3.70. The third-order valence-electron chi connectivity index (χ3n) is 10.1. The van der Waals surface area contributed by atoms with Crippen molar-refractivity contribution >= 4 is 161 Å². The van der Waals surface area contributed by atoms with E-state index in [1.165, 1.54) is 0 Å². The molecule has 2 unspecified atom stereocenters. The molecule has 0 radical (unpaired) electrons. The Morgan fingerprint density at radius 3 is 1.32 bits per heavy atom. The fourth-order valence-electron chi connectivity index (χ4n) is 6.61. The Hall–Kier alpha value is -4.49. The van der Waals surface area contributed by atoms with E-state index >= 15 is 0 Å². The molecule has 30 heteroatoms. The van der Waals surface area contributed by atoms with Crippen molar-refractivity contribution in [3.05, 3.63) is 20.6 Å². The molecule has 1 heterocycles. The molecule has 26 nitrogen and oxygen atoms in total. The molecule has 384 valence electrons. The number of hydrogen-bond acceptors (Lipinski definition) is 11. The second kappa shape index (κ2) is 32.4. The third kappa shape index (κ3) is 23.3. The molecule has 2 aromatic rings. The number of carbonyl (C=O) groups is 6. The summed E-state index contributed by atoms with van der Waals surface area (Å²) < 4.78 is 6.10. The molecule has 4 atom stereocenters. The van der Waals surface area contributed by atoms with Gasteiger partial charge in [-0.15, -0.1) is 0 Å². The molecule has 6 amide bonds. The number of amides is 6. The number of primary amides is 1. The van der Waals surface area contributed by atoms with Gasteiger partial charge in [-0.2, -0.15) is 0 Å². The first-order valence-corrected chi connectivity index (χ1v) is 26.2. The van der Waals surface area contributed by atoms with Gasteiger partial charge in [0.05, 0.1) is 19.0 Å². The van der Waals surface area contributed by atoms with Crippen LogP contribution in [0.4, 0.5) is 0 Å². The molecule has 0 bridgehead atoms. The first-order valence-electron chi connectivity index (χ1n) is 21.9. The normalized spacial score (nSPS) is 12.6. The van der Waals surface area contributed by atoms with E-state index < -0.39 is 53.7 Å². The number of carbonyl (C=O) groups excluding carboxylic acids is 6. The lowest BCUT2D eigenvalue weighted by Gasteiger charge is -2.26. The molecule has 2 rings (SSSR count). The lowest BCUT2D eigenvalue weighted by atomic mass is 10.0. The van der Waals surface area contributed by atoms with E-state index in [0.717, 1.165) is 25.3 Å². The van der Waals surface area contributed by atoms with Gasteiger partial charge in [0.2, 0.25) is 35.4 Å². The minimum atomic E-state index is -1.26. The van der Waals surface area contributed by atoms with Gasteiger partial charge in [-0.25, -0.2) is 4.98 Å². The highest BCUT2D eigenvalue weighted by atomic mass is 127. The summed E-state index contributed by atoms with van der Waals surface area (Å²) in [6.07, 6.45) is 4.65. The van der Waals surface area contributed by atoms with Crippen molar-refractivity contribution in [3.8, 4) is 0 Å². The third-order valence-corrected chi connectivity index (χ3v) is 17.4. The largest absolute Gasteiger partial charge is 0.370 e. The summed E-state index contributed by atoms with van der Waals surface area (Å²) in [4.78, 5) is 84.6. The maximum Gasteiger partial charge on any atom is 0.243 e. The van der Waals surface area contributed by atoms with Gasteiger partial charge in [0.1, 0.15) is 36.2 Å². The zero-order chi connectivity index (χ0) is 51.6. The van der Waals surface area contributed by atoms with E-state index in [4.69, 9.17) is 50.3 Å². The molecular weight excluding hydrogens is 1350 g/mol. The van der Waals surface area contributed by atoms with E-state index in [9.17, 15) is 28.8 Å². The van der Waals surface area contributed by atoms with Crippen molar-refractivity contribution in [2.75, 3.05) is 32.7 Å². The van der Waals surface area contributed by atoms with Crippen LogP contribution in [0.25, 0.3) is 11.0 Å². The number of rotatable bonds is 32. The van der Waals surface area contributed by atoms with Gasteiger partial charge in [0, 0.05) is 46.3 Å². The smallest absolute Gasteiger partial charge is 0.243 e. The van der Waals surface area contributed by atoms with E-state index in [1.807, 2.05) is 4.57 Å². The van der Waals surface area contributed by atoms with E-state index in [0.29, 0.717) is 38.6 Å². The predicted octanol–water partition coefficient (Wildman–Crippen LogP) is -1.39. The number of imidazole rings is 1. The molecule has 0 spiro atoms. The van der Waals surface area contributed by atoms with Crippen LogP contribution in [0.5, 0.6) is 0 Å². The second-order valence-electron chi connectivity index (χ2n) is 15.6. The minimum Gasteiger partial charge on any atom is -0.370 e. The van der Waals surface area contributed by atoms with Gasteiger partial charge in [-0.05, 0) is 155 Å². The Labute approximate surface area is 454 Å². The fourth-order valence-corrected chi connectivity index (χ4v) is 10.2. The fraction of sp³-hybridized carbons (Fsp3) is 0.564. The van der Waals surface area contributed by atoms with E-state index in [2.05, 4.69) is 143 Å². The highest BCUT2D eigenvalue weighted by molar-refractivity contribution is 14.1. The van der Waals surface area contributed by atoms with Crippen LogP contribution in [0.2, 0.25) is 0 Å². The molecule has 1 aromatic carbocycles. The number of nitrogens with two attached hydrogens (primary N) is 5. The highest BCUT2D eigenvalue weighted by Gasteiger charge is 2.31. The summed E-state index contributed by atoms with van der Waals surface area (Å²) in [6, 6.07) is -4.78. The predicted molar refractivity (Wildman–Crippen MR) is 296 cm³/mol. The topological polar surface area (TPSA) is 454 Å². The number of aromatic nitrogens is 2. The molecule has 1 aromatic heterocycles. The number of fused-ring (bicyclic) bond motifs is 1. The number of unbranched alkanes of at least 4 members (excludes halogenated alkanes) is 2. The zero-order valence-electron chi connectivity index (χ0n) is 37.9. The summed E-state index contributed by atoms with van der Waals surface area (Å²) in [6.45, 7) is 1.26.